The molecular weight excluding hydrogens is 592 g/mol. The first-order valence-corrected chi connectivity index (χ1v) is 24.5. The summed E-state index contributed by atoms with van der Waals surface area (Å²) in [5.41, 5.74) is 2.27. The van der Waals surface area contributed by atoms with Crippen molar-refractivity contribution in [2.75, 3.05) is 0 Å². The summed E-state index contributed by atoms with van der Waals surface area (Å²) in [6, 6.07) is 0. The summed E-state index contributed by atoms with van der Waals surface area (Å²) in [4.78, 5) is 0. The summed E-state index contributed by atoms with van der Waals surface area (Å²) in [6.07, 6.45) is 4.33. The van der Waals surface area contributed by atoms with Crippen molar-refractivity contribution in [1.29, 1.82) is 0 Å². The van der Waals surface area contributed by atoms with Gasteiger partial charge in [0.15, 0.2) is 0 Å². The van der Waals surface area contributed by atoms with Crippen molar-refractivity contribution < 1.29 is 46.7 Å². The van der Waals surface area contributed by atoms with Crippen LogP contribution < -0.4 is 0 Å². The molecule has 14 heavy (non-hydrogen) atoms. The van der Waals surface area contributed by atoms with E-state index in [0.29, 0.717) is 5.41 Å². The minimum atomic E-state index is -1.18. The number of hydrogen-bond donors (Lipinski definition) is 0. The monoisotopic (exact) mass is 608 g/mol. The Bertz CT molecular complexity index is 267. The number of hydrogen-bond acceptors (Lipinski definition) is 0. The number of halogens is 2. The molecule has 0 aromatic rings. The van der Waals surface area contributed by atoms with Gasteiger partial charge in [-0.25, -0.2) is 0 Å². The average Bonchev–Trinajstić information content (AvgIpc) is 2.69. The third-order valence-corrected chi connectivity index (χ3v) is 54.1. The molecule has 0 radical (unpaired) electrons. The molecule has 0 aliphatic heterocycles. The maximum absolute atomic E-state index is 6.25. The summed E-state index contributed by atoms with van der Waals surface area (Å²) in [5.74, 6) is 1.85. The van der Waals surface area contributed by atoms with E-state index in [4.69, 9.17) is 16.5 Å². The molecule has 0 aromatic carbocycles. The summed E-state index contributed by atoms with van der Waals surface area (Å²) in [7, 11) is 12.5. The predicted octanol–water partition coefficient (Wildman–Crippen LogP) is 4.13. The fourth-order valence-corrected chi connectivity index (χ4v) is 37.7. The van der Waals surface area contributed by atoms with Gasteiger partial charge in [0, 0.05) is 0 Å². The van der Waals surface area contributed by atoms with Gasteiger partial charge in [0.2, 0.25) is 0 Å². The maximum atomic E-state index is 6.25. The van der Waals surface area contributed by atoms with E-state index < -0.39 is 46.7 Å². The van der Waals surface area contributed by atoms with Crippen molar-refractivity contribution in [1.82, 2.24) is 0 Å². The molecule has 0 nitrogen and oxygen atoms in total. The van der Waals surface area contributed by atoms with Gasteiger partial charge in [-0.15, -0.1) is 0 Å². The number of fused-ring (bicyclic) bond motifs is 2. The molecule has 72 valence electrons. The summed E-state index contributed by atoms with van der Waals surface area (Å²) in [6.45, 7) is 4.87. The van der Waals surface area contributed by atoms with Crippen LogP contribution in [0.1, 0.15) is 33.1 Å². The van der Waals surface area contributed by atoms with Crippen LogP contribution in [0.15, 0.2) is 6.16 Å². The third kappa shape index (κ3) is 1.99. The Morgan fingerprint density at radius 1 is 1.29 bits per heavy atom. The standard InChI is InChI=1S/C10H14.2ClH.2Hg/c1-7-8-4-5-9(6-8)10(7,2)3;;;;/h8-9H,4-6H2,2-3H3;2*1H;;/q;;;2*+1/p-2/t8-,9+;;;;/m0..../s1. The SMILES string of the molecule is CC1(C)C(=[C]([Hg][Cl])[Hg][Cl])[C@H]2CC[C@@H]1C2. The molecule has 4 heteroatoms. The zero-order valence-corrected chi connectivity index (χ0v) is 21.5. The minimum absolute atomic E-state index is 0.474. The second-order valence-electron chi connectivity index (χ2n) is 5.21. The Balaban J connectivity index is 2.39. The summed E-state index contributed by atoms with van der Waals surface area (Å²) < 4.78 is 1.74. The second kappa shape index (κ2) is 4.82. The van der Waals surface area contributed by atoms with E-state index in [1.54, 1.807) is 6.16 Å². The Morgan fingerprint density at radius 3 is 2.36 bits per heavy atom. The van der Waals surface area contributed by atoms with Gasteiger partial charge >= 0.3 is 120 Å². The molecule has 2 bridgehead atoms. The molecule has 0 amide bonds. The van der Waals surface area contributed by atoms with Crippen molar-refractivity contribution in [2.45, 2.75) is 33.1 Å². The zero-order chi connectivity index (χ0) is 10.3. The van der Waals surface area contributed by atoms with E-state index in [0.717, 1.165) is 11.8 Å². The Morgan fingerprint density at radius 2 is 1.93 bits per heavy atom. The molecule has 0 saturated heterocycles. The molecule has 2 fully saturated rings. The molecule has 0 N–H and O–H groups in total. The van der Waals surface area contributed by atoms with Gasteiger partial charge in [-0.3, -0.25) is 0 Å². The van der Waals surface area contributed by atoms with E-state index >= 15 is 0 Å². The first kappa shape index (κ1) is 12.6. The number of allylic oxidation sites excluding steroid dienone is 1. The van der Waals surface area contributed by atoms with Gasteiger partial charge in [-0.1, -0.05) is 0 Å². The van der Waals surface area contributed by atoms with Crippen molar-refractivity contribution in [3.63, 3.8) is 0 Å². The van der Waals surface area contributed by atoms with Gasteiger partial charge < -0.3 is 0 Å². The van der Waals surface area contributed by atoms with Crippen LogP contribution in [-0.4, -0.2) is 0 Å². The van der Waals surface area contributed by atoms with Crippen LogP contribution in [0.4, 0.5) is 0 Å². The van der Waals surface area contributed by atoms with E-state index in [-0.39, 0.29) is 0 Å². The van der Waals surface area contributed by atoms with Crippen LogP contribution in [-0.2, 0) is 46.7 Å². The van der Waals surface area contributed by atoms with Crippen LogP contribution in [0, 0.1) is 17.3 Å². The van der Waals surface area contributed by atoms with Crippen LogP contribution in [0.25, 0.3) is 0 Å². The van der Waals surface area contributed by atoms with Gasteiger partial charge in [0.25, 0.3) is 0 Å². The molecule has 0 spiro atoms. The quantitative estimate of drug-likeness (QED) is 0.416. The van der Waals surface area contributed by atoms with Crippen LogP contribution in [0.3, 0.4) is 0 Å². The molecule has 2 aliphatic carbocycles. The first-order chi connectivity index (χ1) is 6.61. The summed E-state index contributed by atoms with van der Waals surface area (Å²) in [5, 5.41) is 0. The average molecular weight is 606 g/mol. The van der Waals surface area contributed by atoms with Gasteiger partial charge in [-0.2, -0.15) is 0 Å². The molecule has 0 aromatic heterocycles. The Labute approximate surface area is 118 Å². The van der Waals surface area contributed by atoms with Crippen LogP contribution >= 0.6 is 16.5 Å². The van der Waals surface area contributed by atoms with Gasteiger partial charge in [0.05, 0.1) is 0 Å². The Hall–Kier alpha value is 2.19. The molecule has 0 heterocycles. The predicted molar refractivity (Wildman–Crippen MR) is 53.3 cm³/mol. The first-order valence-electron chi connectivity index (χ1n) is 5.45. The fourth-order valence-electron chi connectivity index (χ4n) is 3.57. The number of rotatable bonds is 2. The molecule has 0 unspecified atom stereocenters. The van der Waals surface area contributed by atoms with E-state index in [1.165, 1.54) is 19.3 Å². The van der Waals surface area contributed by atoms with Crippen molar-refractivity contribution in [2.24, 2.45) is 17.3 Å². The van der Waals surface area contributed by atoms with Gasteiger partial charge in [0.1, 0.15) is 0 Å². The van der Waals surface area contributed by atoms with E-state index in [1.807, 2.05) is 0 Å². The van der Waals surface area contributed by atoms with Crippen LogP contribution in [0.5, 0.6) is 0 Å². The molecule has 2 rings (SSSR count). The normalized spacial score (nSPS) is 32.7. The Kier molecular flexibility index (Phi) is 4.35. The topological polar surface area (TPSA) is 0 Å². The second-order valence-corrected chi connectivity index (χ2v) is 33.7. The van der Waals surface area contributed by atoms with Crippen molar-refractivity contribution >= 4 is 16.5 Å². The fraction of sp³-hybridized carbons (Fsp3) is 0.800. The summed E-state index contributed by atoms with van der Waals surface area (Å²) >= 11 is -2.37. The van der Waals surface area contributed by atoms with Crippen LogP contribution in [0.2, 0.25) is 0 Å². The zero-order valence-electron chi connectivity index (χ0n) is 8.95. The van der Waals surface area contributed by atoms with Gasteiger partial charge in [-0.05, 0) is 0 Å². The molecule has 2 atom stereocenters. The molecule has 2 saturated carbocycles. The third-order valence-electron chi connectivity index (χ3n) is 4.26. The van der Waals surface area contributed by atoms with E-state index in [9.17, 15) is 0 Å². The molecular formula is C10H14Cl2Hg2. The van der Waals surface area contributed by atoms with Crippen molar-refractivity contribution in [3.05, 3.63) is 6.16 Å². The van der Waals surface area contributed by atoms with Crippen molar-refractivity contribution in [3.8, 4) is 0 Å². The molecule has 2 aliphatic rings. The van der Waals surface area contributed by atoms with E-state index in [2.05, 4.69) is 13.8 Å².